The minimum absolute atomic E-state index is 0.0260. The minimum atomic E-state index is -0.605. The molecule has 132 valence electrons. The van der Waals surface area contributed by atoms with E-state index in [4.69, 9.17) is 5.73 Å². The summed E-state index contributed by atoms with van der Waals surface area (Å²) in [4.78, 5) is 26.1. The molecule has 24 heavy (non-hydrogen) atoms. The quantitative estimate of drug-likeness (QED) is 0.826. The van der Waals surface area contributed by atoms with Crippen molar-refractivity contribution in [3.8, 4) is 0 Å². The average Bonchev–Trinajstić information content (AvgIpc) is 3.01. The fraction of sp³-hybridized carbons (Fsp3) is 0.556. The van der Waals surface area contributed by atoms with Crippen LogP contribution in [0.1, 0.15) is 32.3 Å². The van der Waals surface area contributed by atoms with Gasteiger partial charge in [-0.1, -0.05) is 26.0 Å². The monoisotopic (exact) mass is 335 g/mol. The summed E-state index contributed by atoms with van der Waals surface area (Å²) < 4.78 is 13.0. The standard InChI is InChI=1S/C18H26FN3O2/c1-12(2)17(20)18(24)21-11-16(23)22-9-3-4-15(22)10-13-5-7-14(19)8-6-13/h5-8,12,15,17H,3-4,9-11,20H2,1-2H3,(H,21,24)/t15?,17-/m0/s1. The van der Waals surface area contributed by atoms with Gasteiger partial charge < -0.3 is 16.0 Å². The van der Waals surface area contributed by atoms with Crippen LogP contribution < -0.4 is 11.1 Å². The number of nitrogens with two attached hydrogens (primary N) is 1. The van der Waals surface area contributed by atoms with Crippen molar-refractivity contribution < 1.29 is 14.0 Å². The van der Waals surface area contributed by atoms with E-state index in [1.807, 2.05) is 18.7 Å². The molecule has 6 heteroatoms. The number of nitrogens with one attached hydrogen (secondary N) is 1. The Morgan fingerprint density at radius 3 is 2.62 bits per heavy atom. The van der Waals surface area contributed by atoms with E-state index in [1.54, 1.807) is 12.1 Å². The molecule has 1 saturated heterocycles. The highest BCUT2D eigenvalue weighted by Crippen LogP contribution is 2.21. The van der Waals surface area contributed by atoms with Crippen LogP contribution in [0.4, 0.5) is 4.39 Å². The molecule has 1 heterocycles. The molecule has 3 N–H and O–H groups in total. The molecular formula is C18H26FN3O2. The van der Waals surface area contributed by atoms with Crippen LogP contribution in [0.25, 0.3) is 0 Å². The molecule has 1 aliphatic rings. The van der Waals surface area contributed by atoms with Crippen LogP contribution in [0.3, 0.4) is 0 Å². The number of carbonyl (C=O) groups excluding carboxylic acids is 2. The summed E-state index contributed by atoms with van der Waals surface area (Å²) in [7, 11) is 0. The lowest BCUT2D eigenvalue weighted by Gasteiger charge is -2.25. The first-order valence-corrected chi connectivity index (χ1v) is 8.45. The van der Waals surface area contributed by atoms with Gasteiger partial charge in [0, 0.05) is 12.6 Å². The molecule has 0 radical (unpaired) electrons. The largest absolute Gasteiger partial charge is 0.346 e. The van der Waals surface area contributed by atoms with Gasteiger partial charge >= 0.3 is 0 Å². The maximum atomic E-state index is 13.0. The lowest BCUT2D eigenvalue weighted by atomic mass is 10.0. The number of rotatable bonds is 6. The van der Waals surface area contributed by atoms with Crippen LogP contribution >= 0.6 is 0 Å². The van der Waals surface area contributed by atoms with Crippen molar-refractivity contribution in [1.29, 1.82) is 0 Å². The highest BCUT2D eigenvalue weighted by atomic mass is 19.1. The Labute approximate surface area is 142 Å². The third kappa shape index (κ3) is 4.77. The van der Waals surface area contributed by atoms with Crippen molar-refractivity contribution >= 4 is 11.8 Å². The Balaban J connectivity index is 1.88. The van der Waals surface area contributed by atoms with E-state index in [1.165, 1.54) is 12.1 Å². The lowest BCUT2D eigenvalue weighted by molar-refractivity contribution is -0.134. The van der Waals surface area contributed by atoms with Gasteiger partial charge in [-0.25, -0.2) is 4.39 Å². The molecule has 0 aromatic heterocycles. The fourth-order valence-electron chi connectivity index (χ4n) is 2.95. The van der Waals surface area contributed by atoms with Crippen LogP contribution in [0.15, 0.2) is 24.3 Å². The number of hydrogen-bond acceptors (Lipinski definition) is 3. The molecule has 2 amide bonds. The fourth-order valence-corrected chi connectivity index (χ4v) is 2.95. The molecule has 2 atom stereocenters. The summed E-state index contributed by atoms with van der Waals surface area (Å²) in [5.74, 6) is -0.628. The molecule has 0 saturated carbocycles. The van der Waals surface area contributed by atoms with Crippen molar-refractivity contribution in [2.75, 3.05) is 13.1 Å². The molecule has 0 bridgehead atoms. The SMILES string of the molecule is CC(C)[C@H](N)C(=O)NCC(=O)N1CCCC1Cc1ccc(F)cc1. The average molecular weight is 335 g/mol. The van der Waals surface area contributed by atoms with Crippen molar-refractivity contribution in [3.63, 3.8) is 0 Å². The van der Waals surface area contributed by atoms with Gasteiger partial charge in [0.25, 0.3) is 0 Å². The Morgan fingerprint density at radius 2 is 2.00 bits per heavy atom. The van der Waals surface area contributed by atoms with Gasteiger partial charge in [-0.2, -0.15) is 0 Å². The summed E-state index contributed by atoms with van der Waals surface area (Å²) in [6.07, 6.45) is 2.56. The van der Waals surface area contributed by atoms with Gasteiger partial charge in [-0.3, -0.25) is 9.59 Å². The van der Waals surface area contributed by atoms with Crippen LogP contribution in [-0.4, -0.2) is 41.9 Å². The molecule has 1 unspecified atom stereocenters. The van der Waals surface area contributed by atoms with Crippen molar-refractivity contribution in [2.45, 2.75) is 45.2 Å². The first-order chi connectivity index (χ1) is 11.4. The molecule has 0 spiro atoms. The van der Waals surface area contributed by atoms with Crippen molar-refractivity contribution in [1.82, 2.24) is 10.2 Å². The second-order valence-corrected chi connectivity index (χ2v) is 6.70. The smallest absolute Gasteiger partial charge is 0.242 e. The Morgan fingerprint density at radius 1 is 1.33 bits per heavy atom. The molecule has 5 nitrogen and oxygen atoms in total. The summed E-state index contributed by atoms with van der Waals surface area (Å²) in [6, 6.07) is 5.86. The number of carbonyl (C=O) groups is 2. The molecule has 1 aliphatic heterocycles. The molecule has 1 aromatic rings. The second-order valence-electron chi connectivity index (χ2n) is 6.70. The predicted molar refractivity (Wildman–Crippen MR) is 90.7 cm³/mol. The summed E-state index contributed by atoms with van der Waals surface area (Å²) in [6.45, 7) is 4.40. The van der Waals surface area contributed by atoms with Crippen molar-refractivity contribution in [2.24, 2.45) is 11.7 Å². The first-order valence-electron chi connectivity index (χ1n) is 8.45. The number of hydrogen-bond donors (Lipinski definition) is 2. The van der Waals surface area contributed by atoms with Crippen LogP contribution in [-0.2, 0) is 16.0 Å². The molecular weight excluding hydrogens is 309 g/mol. The number of halogens is 1. The molecule has 2 rings (SSSR count). The van der Waals surface area contributed by atoms with Gasteiger partial charge in [-0.15, -0.1) is 0 Å². The highest BCUT2D eigenvalue weighted by molar-refractivity contribution is 5.87. The van der Waals surface area contributed by atoms with E-state index in [9.17, 15) is 14.0 Å². The van der Waals surface area contributed by atoms with Crippen LogP contribution in [0.2, 0.25) is 0 Å². The normalized spacial score (nSPS) is 18.7. The predicted octanol–water partition coefficient (Wildman–Crippen LogP) is 1.46. The summed E-state index contributed by atoms with van der Waals surface area (Å²) >= 11 is 0. The summed E-state index contributed by atoms with van der Waals surface area (Å²) in [5.41, 5.74) is 6.78. The van der Waals surface area contributed by atoms with Gasteiger partial charge in [0.15, 0.2) is 0 Å². The number of amides is 2. The van der Waals surface area contributed by atoms with Gasteiger partial charge in [0.1, 0.15) is 5.82 Å². The molecule has 1 fully saturated rings. The maximum Gasteiger partial charge on any atom is 0.242 e. The highest BCUT2D eigenvalue weighted by Gasteiger charge is 2.29. The van der Waals surface area contributed by atoms with E-state index in [-0.39, 0.29) is 36.1 Å². The minimum Gasteiger partial charge on any atom is -0.346 e. The van der Waals surface area contributed by atoms with E-state index in [0.717, 1.165) is 18.4 Å². The Hall–Kier alpha value is -1.95. The first kappa shape index (κ1) is 18.4. The zero-order chi connectivity index (χ0) is 17.7. The van der Waals surface area contributed by atoms with E-state index < -0.39 is 6.04 Å². The zero-order valence-electron chi connectivity index (χ0n) is 14.3. The third-order valence-electron chi connectivity index (χ3n) is 4.52. The third-order valence-corrected chi connectivity index (χ3v) is 4.52. The number of likely N-dealkylation sites (tertiary alicyclic amines) is 1. The second kappa shape index (κ2) is 8.24. The lowest BCUT2D eigenvalue weighted by Crippen LogP contribution is -2.48. The van der Waals surface area contributed by atoms with E-state index >= 15 is 0 Å². The van der Waals surface area contributed by atoms with Crippen LogP contribution in [0.5, 0.6) is 0 Å². The van der Waals surface area contributed by atoms with Crippen LogP contribution in [0, 0.1) is 11.7 Å². The summed E-state index contributed by atoms with van der Waals surface area (Å²) in [5, 5.41) is 2.63. The molecule has 0 aliphatic carbocycles. The van der Waals surface area contributed by atoms with E-state index in [2.05, 4.69) is 5.32 Å². The Bertz CT molecular complexity index is 574. The zero-order valence-corrected chi connectivity index (χ0v) is 14.3. The molecule has 1 aromatic carbocycles. The number of benzene rings is 1. The maximum absolute atomic E-state index is 13.0. The Kier molecular flexibility index (Phi) is 6.31. The van der Waals surface area contributed by atoms with Gasteiger partial charge in [0.05, 0.1) is 12.6 Å². The van der Waals surface area contributed by atoms with Gasteiger partial charge in [0.2, 0.25) is 11.8 Å². The van der Waals surface area contributed by atoms with Crippen molar-refractivity contribution in [3.05, 3.63) is 35.6 Å². The number of nitrogens with zero attached hydrogens (tertiary/aromatic N) is 1. The van der Waals surface area contributed by atoms with Gasteiger partial charge in [-0.05, 0) is 42.9 Å². The van der Waals surface area contributed by atoms with E-state index in [0.29, 0.717) is 13.0 Å². The topological polar surface area (TPSA) is 75.4 Å².